The summed E-state index contributed by atoms with van der Waals surface area (Å²) in [7, 11) is 3.45. The molecular formula is C20H31IN4O2. The van der Waals surface area contributed by atoms with Crippen LogP contribution in [0.4, 0.5) is 0 Å². The molecule has 0 unspecified atom stereocenters. The number of rotatable bonds is 6. The minimum Gasteiger partial charge on any atom is -0.496 e. The average molecular weight is 486 g/mol. The standard InChI is InChI=1S/C20H30N4O2.HI/c1-14-7-8-16(25-6)15(11-14)9-10-22-19(21-5)24-13-18-23-12-17(26-18)20(2,3)4;/h7-8,11-12H,9-10,13H2,1-6H3,(H2,21,22,24);1H. The highest BCUT2D eigenvalue weighted by atomic mass is 127. The van der Waals surface area contributed by atoms with Gasteiger partial charge in [0.25, 0.3) is 0 Å². The number of halogens is 1. The number of hydrogen-bond acceptors (Lipinski definition) is 4. The van der Waals surface area contributed by atoms with Crippen LogP contribution >= 0.6 is 24.0 Å². The molecule has 0 bridgehead atoms. The van der Waals surface area contributed by atoms with Crippen molar-refractivity contribution in [1.29, 1.82) is 0 Å². The molecular weight excluding hydrogens is 455 g/mol. The summed E-state index contributed by atoms with van der Waals surface area (Å²) in [5.41, 5.74) is 2.36. The highest BCUT2D eigenvalue weighted by Gasteiger charge is 2.19. The van der Waals surface area contributed by atoms with Crippen LogP contribution in [-0.4, -0.2) is 31.6 Å². The summed E-state index contributed by atoms with van der Waals surface area (Å²) in [6, 6.07) is 6.21. The van der Waals surface area contributed by atoms with Crippen LogP contribution in [0.25, 0.3) is 0 Å². The van der Waals surface area contributed by atoms with Gasteiger partial charge >= 0.3 is 0 Å². The molecule has 1 aromatic carbocycles. The Bertz CT molecular complexity index is 751. The Morgan fingerprint density at radius 2 is 2.00 bits per heavy atom. The number of aliphatic imine (C=N–C) groups is 1. The van der Waals surface area contributed by atoms with Crippen molar-refractivity contribution >= 4 is 29.9 Å². The maximum absolute atomic E-state index is 5.79. The van der Waals surface area contributed by atoms with Crippen LogP contribution in [0.5, 0.6) is 5.75 Å². The predicted molar refractivity (Wildman–Crippen MR) is 120 cm³/mol. The second kappa shape index (κ2) is 10.5. The summed E-state index contributed by atoms with van der Waals surface area (Å²) in [5.74, 6) is 3.16. The molecule has 2 aromatic rings. The molecule has 6 nitrogen and oxygen atoms in total. The summed E-state index contributed by atoms with van der Waals surface area (Å²) in [6.07, 6.45) is 2.63. The molecule has 0 aliphatic carbocycles. The lowest BCUT2D eigenvalue weighted by Crippen LogP contribution is -2.38. The molecule has 7 heteroatoms. The van der Waals surface area contributed by atoms with Crippen LogP contribution in [0.2, 0.25) is 0 Å². The van der Waals surface area contributed by atoms with E-state index in [0.29, 0.717) is 18.4 Å². The van der Waals surface area contributed by atoms with E-state index in [2.05, 4.69) is 60.4 Å². The zero-order valence-electron chi connectivity index (χ0n) is 17.0. The van der Waals surface area contributed by atoms with E-state index < -0.39 is 0 Å². The first-order valence-corrected chi connectivity index (χ1v) is 8.86. The maximum Gasteiger partial charge on any atom is 0.213 e. The lowest BCUT2D eigenvalue weighted by molar-refractivity contribution is 0.379. The molecule has 0 saturated carbocycles. The predicted octanol–water partition coefficient (Wildman–Crippen LogP) is 3.81. The zero-order valence-corrected chi connectivity index (χ0v) is 19.4. The number of aryl methyl sites for hydroxylation is 1. The maximum atomic E-state index is 5.79. The Morgan fingerprint density at radius 3 is 2.59 bits per heavy atom. The first kappa shape index (κ1) is 23.3. The highest BCUT2D eigenvalue weighted by molar-refractivity contribution is 14.0. The Labute approximate surface area is 179 Å². The van der Waals surface area contributed by atoms with Gasteiger partial charge in [-0.15, -0.1) is 24.0 Å². The Kier molecular flexibility index (Phi) is 9.08. The molecule has 0 radical (unpaired) electrons. The molecule has 1 heterocycles. The number of guanidine groups is 1. The van der Waals surface area contributed by atoms with E-state index in [4.69, 9.17) is 9.15 Å². The highest BCUT2D eigenvalue weighted by Crippen LogP contribution is 2.22. The van der Waals surface area contributed by atoms with E-state index in [1.807, 2.05) is 6.07 Å². The fourth-order valence-corrected chi connectivity index (χ4v) is 2.54. The van der Waals surface area contributed by atoms with Crippen LogP contribution in [0.15, 0.2) is 33.8 Å². The first-order valence-electron chi connectivity index (χ1n) is 8.86. The van der Waals surface area contributed by atoms with Crippen molar-refractivity contribution in [3.63, 3.8) is 0 Å². The molecule has 0 aliphatic heterocycles. The van der Waals surface area contributed by atoms with Crippen LogP contribution < -0.4 is 15.4 Å². The second-order valence-electron chi connectivity index (χ2n) is 7.29. The molecule has 0 atom stereocenters. The van der Waals surface area contributed by atoms with Gasteiger partial charge in [-0.3, -0.25) is 4.99 Å². The molecule has 0 spiro atoms. The Morgan fingerprint density at radius 1 is 1.26 bits per heavy atom. The minimum atomic E-state index is -0.0436. The van der Waals surface area contributed by atoms with Gasteiger partial charge < -0.3 is 19.8 Å². The number of benzene rings is 1. The zero-order chi connectivity index (χ0) is 19.2. The number of aromatic nitrogens is 1. The van der Waals surface area contributed by atoms with Gasteiger partial charge in [-0.05, 0) is 25.0 Å². The second-order valence-corrected chi connectivity index (χ2v) is 7.29. The molecule has 0 aliphatic rings. The fourth-order valence-electron chi connectivity index (χ4n) is 2.54. The van der Waals surface area contributed by atoms with Crippen molar-refractivity contribution < 1.29 is 9.15 Å². The number of oxazole rings is 1. The van der Waals surface area contributed by atoms with E-state index in [9.17, 15) is 0 Å². The fraction of sp³-hybridized carbons (Fsp3) is 0.500. The number of methoxy groups -OCH3 is 1. The SMILES string of the molecule is CN=C(NCCc1cc(C)ccc1OC)NCc1ncc(C(C)(C)C)o1.I. The van der Waals surface area contributed by atoms with E-state index in [-0.39, 0.29) is 29.4 Å². The van der Waals surface area contributed by atoms with Crippen molar-refractivity contribution in [2.45, 2.75) is 46.1 Å². The first-order chi connectivity index (χ1) is 12.3. The molecule has 0 saturated heterocycles. The number of nitrogens with one attached hydrogen (secondary N) is 2. The lowest BCUT2D eigenvalue weighted by atomic mass is 9.94. The van der Waals surface area contributed by atoms with Crippen molar-refractivity contribution in [1.82, 2.24) is 15.6 Å². The van der Waals surface area contributed by atoms with Crippen molar-refractivity contribution in [2.24, 2.45) is 4.99 Å². The van der Waals surface area contributed by atoms with Crippen LogP contribution in [0, 0.1) is 6.92 Å². The summed E-state index contributed by atoms with van der Waals surface area (Å²) in [6.45, 7) is 9.63. The van der Waals surface area contributed by atoms with Gasteiger partial charge in [-0.1, -0.05) is 38.5 Å². The van der Waals surface area contributed by atoms with Gasteiger partial charge in [0.05, 0.1) is 19.9 Å². The van der Waals surface area contributed by atoms with E-state index >= 15 is 0 Å². The normalized spacial score (nSPS) is 11.7. The number of ether oxygens (including phenoxy) is 1. The third-order valence-corrected chi connectivity index (χ3v) is 4.05. The molecule has 1 aromatic heterocycles. The number of hydrogen-bond donors (Lipinski definition) is 2. The van der Waals surface area contributed by atoms with Gasteiger partial charge in [0, 0.05) is 19.0 Å². The Hall–Kier alpha value is -1.77. The summed E-state index contributed by atoms with van der Waals surface area (Å²) in [4.78, 5) is 8.56. The van der Waals surface area contributed by atoms with Crippen molar-refractivity contribution in [3.8, 4) is 5.75 Å². The van der Waals surface area contributed by atoms with E-state index in [1.165, 1.54) is 11.1 Å². The molecule has 0 fully saturated rings. The minimum absolute atomic E-state index is 0. The lowest BCUT2D eigenvalue weighted by Gasteiger charge is -2.14. The van der Waals surface area contributed by atoms with Crippen LogP contribution in [-0.2, 0) is 18.4 Å². The van der Waals surface area contributed by atoms with Crippen LogP contribution in [0.1, 0.15) is 43.5 Å². The summed E-state index contributed by atoms with van der Waals surface area (Å²) in [5, 5.41) is 6.54. The number of nitrogens with zero attached hydrogens (tertiary/aromatic N) is 2. The Balaban J connectivity index is 0.00000364. The monoisotopic (exact) mass is 486 g/mol. The van der Waals surface area contributed by atoms with Gasteiger partial charge in [-0.25, -0.2) is 4.98 Å². The van der Waals surface area contributed by atoms with Gasteiger partial charge in [0.1, 0.15) is 11.5 Å². The quantitative estimate of drug-likeness (QED) is 0.369. The van der Waals surface area contributed by atoms with Crippen molar-refractivity contribution in [3.05, 3.63) is 47.2 Å². The summed E-state index contributed by atoms with van der Waals surface area (Å²) < 4.78 is 11.2. The molecule has 0 amide bonds. The molecule has 150 valence electrons. The average Bonchev–Trinajstić information content (AvgIpc) is 3.07. The van der Waals surface area contributed by atoms with Crippen LogP contribution in [0.3, 0.4) is 0 Å². The summed E-state index contributed by atoms with van der Waals surface area (Å²) >= 11 is 0. The van der Waals surface area contributed by atoms with Gasteiger partial charge in [0.15, 0.2) is 5.96 Å². The topological polar surface area (TPSA) is 71.7 Å². The van der Waals surface area contributed by atoms with Gasteiger partial charge in [-0.2, -0.15) is 0 Å². The molecule has 2 N–H and O–H groups in total. The third-order valence-electron chi connectivity index (χ3n) is 4.05. The smallest absolute Gasteiger partial charge is 0.213 e. The van der Waals surface area contributed by atoms with Crippen molar-refractivity contribution in [2.75, 3.05) is 20.7 Å². The van der Waals surface area contributed by atoms with Gasteiger partial charge in [0.2, 0.25) is 5.89 Å². The third kappa shape index (κ3) is 7.04. The molecule has 2 rings (SSSR count). The van der Waals surface area contributed by atoms with E-state index in [1.54, 1.807) is 20.4 Å². The van der Waals surface area contributed by atoms with E-state index in [0.717, 1.165) is 24.5 Å². The molecule has 27 heavy (non-hydrogen) atoms. The largest absolute Gasteiger partial charge is 0.496 e.